The number of piperidine rings is 1. The van der Waals surface area contributed by atoms with Crippen LogP contribution in [0.4, 0.5) is 18.9 Å². The van der Waals surface area contributed by atoms with E-state index in [0.29, 0.717) is 6.54 Å². The van der Waals surface area contributed by atoms with Gasteiger partial charge in [0.2, 0.25) is 0 Å². The highest BCUT2D eigenvalue weighted by atomic mass is 19.4. The zero-order chi connectivity index (χ0) is 17.0. The fourth-order valence-corrected chi connectivity index (χ4v) is 3.35. The quantitative estimate of drug-likeness (QED) is 0.873. The predicted octanol–water partition coefficient (Wildman–Crippen LogP) is 4.45. The summed E-state index contributed by atoms with van der Waals surface area (Å²) in [5.74, 6) is 0. The number of hydrogen-bond acceptors (Lipinski definition) is 3. The summed E-state index contributed by atoms with van der Waals surface area (Å²) in [6, 6.07) is 8.32. The van der Waals surface area contributed by atoms with Crippen molar-refractivity contribution in [1.82, 2.24) is 9.88 Å². The lowest BCUT2D eigenvalue weighted by Crippen LogP contribution is -2.42. The van der Waals surface area contributed by atoms with Gasteiger partial charge >= 0.3 is 6.18 Å². The van der Waals surface area contributed by atoms with Crippen LogP contribution in [0.15, 0.2) is 36.7 Å². The Morgan fingerprint density at radius 3 is 2.96 bits per heavy atom. The average Bonchev–Trinajstić information content (AvgIpc) is 2.54. The van der Waals surface area contributed by atoms with Crippen molar-refractivity contribution in [3.05, 3.63) is 36.7 Å². The van der Waals surface area contributed by atoms with Crippen LogP contribution in [-0.4, -0.2) is 41.7 Å². The van der Waals surface area contributed by atoms with E-state index in [1.807, 2.05) is 30.5 Å². The van der Waals surface area contributed by atoms with Gasteiger partial charge in [-0.2, -0.15) is 13.2 Å². The van der Waals surface area contributed by atoms with Crippen molar-refractivity contribution in [2.45, 2.75) is 37.9 Å². The molecule has 130 valence electrons. The summed E-state index contributed by atoms with van der Waals surface area (Å²) in [6.45, 7) is 2.19. The molecule has 3 rings (SSSR count). The number of alkyl halides is 3. The second-order valence-electron chi connectivity index (χ2n) is 6.41. The van der Waals surface area contributed by atoms with Crippen LogP contribution in [0.1, 0.15) is 25.7 Å². The molecule has 3 nitrogen and oxygen atoms in total. The van der Waals surface area contributed by atoms with Crippen molar-refractivity contribution >= 4 is 16.5 Å². The van der Waals surface area contributed by atoms with Gasteiger partial charge < -0.3 is 10.2 Å². The van der Waals surface area contributed by atoms with Crippen molar-refractivity contribution in [2.24, 2.45) is 0 Å². The molecule has 1 atom stereocenters. The van der Waals surface area contributed by atoms with Gasteiger partial charge in [-0.25, -0.2) is 0 Å². The maximum absolute atomic E-state index is 12.3. The molecule has 1 aliphatic heterocycles. The van der Waals surface area contributed by atoms with Crippen LogP contribution in [0.3, 0.4) is 0 Å². The number of nitrogens with one attached hydrogen (secondary N) is 1. The van der Waals surface area contributed by atoms with E-state index >= 15 is 0 Å². The van der Waals surface area contributed by atoms with Gasteiger partial charge in [-0.15, -0.1) is 0 Å². The van der Waals surface area contributed by atoms with Gasteiger partial charge in [0.1, 0.15) is 0 Å². The molecule has 0 saturated carbocycles. The van der Waals surface area contributed by atoms with Crippen LogP contribution in [0.2, 0.25) is 0 Å². The number of rotatable bonds is 5. The van der Waals surface area contributed by atoms with E-state index in [2.05, 4.69) is 15.2 Å². The summed E-state index contributed by atoms with van der Waals surface area (Å²) in [6.07, 6.45) is 1.09. The van der Waals surface area contributed by atoms with Gasteiger partial charge in [0.15, 0.2) is 0 Å². The topological polar surface area (TPSA) is 28.2 Å². The minimum Gasteiger partial charge on any atom is -0.381 e. The van der Waals surface area contributed by atoms with Gasteiger partial charge in [0.25, 0.3) is 0 Å². The van der Waals surface area contributed by atoms with E-state index < -0.39 is 12.6 Å². The SMILES string of the molecule is FC(F)(F)CCCN1CCCC(Nc2cccc3cnccc23)C1. The molecular weight excluding hydrogens is 315 g/mol. The predicted molar refractivity (Wildman–Crippen MR) is 90.1 cm³/mol. The summed E-state index contributed by atoms with van der Waals surface area (Å²) in [7, 11) is 0. The highest BCUT2D eigenvalue weighted by molar-refractivity contribution is 5.93. The Kier molecular flexibility index (Phi) is 5.23. The van der Waals surface area contributed by atoms with Crippen LogP contribution in [-0.2, 0) is 0 Å². The summed E-state index contributed by atoms with van der Waals surface area (Å²) in [4.78, 5) is 6.28. The lowest BCUT2D eigenvalue weighted by atomic mass is 10.0. The molecule has 2 heterocycles. The monoisotopic (exact) mass is 337 g/mol. The molecule has 1 saturated heterocycles. The molecule has 1 aromatic heterocycles. The summed E-state index contributed by atoms with van der Waals surface area (Å²) >= 11 is 0. The van der Waals surface area contributed by atoms with Gasteiger partial charge in [0.05, 0.1) is 0 Å². The van der Waals surface area contributed by atoms with E-state index in [9.17, 15) is 13.2 Å². The second-order valence-corrected chi connectivity index (χ2v) is 6.41. The van der Waals surface area contributed by atoms with E-state index in [4.69, 9.17) is 0 Å². The molecule has 1 fully saturated rings. The molecule has 0 amide bonds. The smallest absolute Gasteiger partial charge is 0.381 e. The van der Waals surface area contributed by atoms with Crippen molar-refractivity contribution in [2.75, 3.05) is 25.0 Å². The first-order valence-electron chi connectivity index (χ1n) is 8.40. The van der Waals surface area contributed by atoms with Crippen molar-refractivity contribution in [3.63, 3.8) is 0 Å². The maximum Gasteiger partial charge on any atom is 0.389 e. The first-order valence-corrected chi connectivity index (χ1v) is 8.40. The van der Waals surface area contributed by atoms with Gasteiger partial charge in [0, 0.05) is 47.9 Å². The molecule has 1 aliphatic rings. The lowest BCUT2D eigenvalue weighted by Gasteiger charge is -2.34. The number of hydrogen-bond donors (Lipinski definition) is 1. The molecule has 2 aromatic rings. The molecule has 6 heteroatoms. The third-order valence-corrected chi connectivity index (χ3v) is 4.48. The lowest BCUT2D eigenvalue weighted by molar-refractivity contribution is -0.136. The number of aromatic nitrogens is 1. The maximum atomic E-state index is 12.3. The largest absolute Gasteiger partial charge is 0.389 e. The third kappa shape index (κ3) is 4.60. The first-order chi connectivity index (χ1) is 11.5. The fraction of sp³-hybridized carbons (Fsp3) is 0.500. The number of halogens is 3. The Labute approximate surface area is 139 Å². The van der Waals surface area contributed by atoms with Crippen LogP contribution in [0, 0.1) is 0 Å². The Morgan fingerprint density at radius 2 is 2.12 bits per heavy atom. The number of benzene rings is 1. The second kappa shape index (κ2) is 7.38. The fourth-order valence-electron chi connectivity index (χ4n) is 3.35. The third-order valence-electron chi connectivity index (χ3n) is 4.48. The number of pyridine rings is 1. The molecule has 0 aliphatic carbocycles. The molecular formula is C18H22F3N3. The molecule has 24 heavy (non-hydrogen) atoms. The molecule has 0 spiro atoms. The highest BCUT2D eigenvalue weighted by Gasteiger charge is 2.27. The van der Waals surface area contributed by atoms with Crippen LogP contribution >= 0.6 is 0 Å². The van der Waals surface area contributed by atoms with Crippen LogP contribution in [0.5, 0.6) is 0 Å². The van der Waals surface area contributed by atoms with E-state index in [1.54, 1.807) is 6.20 Å². The minimum absolute atomic E-state index is 0.177. The Hall–Kier alpha value is -1.82. The normalized spacial score (nSPS) is 19.5. The van der Waals surface area contributed by atoms with E-state index in [1.165, 1.54) is 0 Å². The molecule has 1 N–H and O–H groups in total. The molecule has 0 bridgehead atoms. The van der Waals surface area contributed by atoms with Crippen molar-refractivity contribution in [3.8, 4) is 0 Å². The number of likely N-dealkylation sites (tertiary alicyclic amines) is 1. The Bertz CT molecular complexity index is 667. The van der Waals surface area contributed by atoms with Gasteiger partial charge in [-0.05, 0) is 44.5 Å². The summed E-state index contributed by atoms with van der Waals surface area (Å²) in [5, 5.41) is 5.78. The highest BCUT2D eigenvalue weighted by Crippen LogP contribution is 2.25. The summed E-state index contributed by atoms with van der Waals surface area (Å²) < 4.78 is 36.9. The number of nitrogens with zero attached hydrogens (tertiary/aromatic N) is 2. The van der Waals surface area contributed by atoms with Crippen molar-refractivity contribution in [1.29, 1.82) is 0 Å². The Morgan fingerprint density at radius 1 is 1.25 bits per heavy atom. The van der Waals surface area contributed by atoms with Gasteiger partial charge in [-0.3, -0.25) is 4.98 Å². The Balaban J connectivity index is 1.59. The minimum atomic E-state index is -4.05. The molecule has 1 aromatic carbocycles. The number of anilines is 1. The number of fused-ring (bicyclic) bond motifs is 1. The standard InChI is InChI=1S/C18H22F3N3/c19-18(20,21)8-3-11-24-10-2-5-15(13-24)23-17-6-1-4-14-12-22-9-7-16(14)17/h1,4,6-7,9,12,15,23H,2-3,5,8,10-11,13H2. The first kappa shape index (κ1) is 17.0. The van der Waals surface area contributed by atoms with Gasteiger partial charge in [-0.1, -0.05) is 12.1 Å². The average molecular weight is 337 g/mol. The van der Waals surface area contributed by atoms with Crippen molar-refractivity contribution < 1.29 is 13.2 Å². The molecule has 0 radical (unpaired) electrons. The zero-order valence-electron chi connectivity index (χ0n) is 13.5. The van der Waals surface area contributed by atoms with E-state index in [-0.39, 0.29) is 12.5 Å². The summed E-state index contributed by atoms with van der Waals surface area (Å²) in [5.41, 5.74) is 1.07. The van der Waals surface area contributed by atoms with E-state index in [0.717, 1.165) is 42.4 Å². The van der Waals surface area contributed by atoms with Crippen LogP contribution < -0.4 is 5.32 Å². The zero-order valence-corrected chi connectivity index (χ0v) is 13.5. The molecule has 1 unspecified atom stereocenters. The van der Waals surface area contributed by atoms with Crippen LogP contribution in [0.25, 0.3) is 10.8 Å².